The second-order valence-corrected chi connectivity index (χ2v) is 10.9. The van der Waals surface area contributed by atoms with E-state index in [9.17, 15) is 14.4 Å². The highest BCUT2D eigenvalue weighted by Crippen LogP contribution is 2.35. The molecule has 1 saturated carbocycles. The van der Waals surface area contributed by atoms with E-state index in [1.54, 1.807) is 23.8 Å². The number of thioether (sulfide) groups is 1. The lowest BCUT2D eigenvalue weighted by molar-refractivity contribution is -0.121. The van der Waals surface area contributed by atoms with Gasteiger partial charge < -0.3 is 24.8 Å². The number of nitrogens with zero attached hydrogens (tertiary/aromatic N) is 2. The number of carbonyl (C=O) groups is 2. The van der Waals surface area contributed by atoms with Crippen LogP contribution in [0.2, 0.25) is 0 Å². The van der Waals surface area contributed by atoms with Gasteiger partial charge in [-0.15, -0.1) is 0 Å². The van der Waals surface area contributed by atoms with Crippen molar-refractivity contribution in [1.82, 2.24) is 20.2 Å². The first-order valence-corrected chi connectivity index (χ1v) is 14.6. The molecular formula is C29H34N4O6S. The van der Waals surface area contributed by atoms with E-state index in [4.69, 9.17) is 19.2 Å². The summed E-state index contributed by atoms with van der Waals surface area (Å²) in [5.74, 6) is 1.78. The molecule has 0 spiro atoms. The molecule has 11 heteroatoms. The van der Waals surface area contributed by atoms with Gasteiger partial charge in [0.1, 0.15) is 5.75 Å². The maximum absolute atomic E-state index is 13.6. The van der Waals surface area contributed by atoms with Gasteiger partial charge in [0.2, 0.25) is 18.6 Å². The molecule has 1 aliphatic heterocycles. The third-order valence-electron chi connectivity index (χ3n) is 7.15. The van der Waals surface area contributed by atoms with Crippen LogP contribution in [0.25, 0.3) is 10.9 Å². The van der Waals surface area contributed by atoms with Crippen molar-refractivity contribution in [2.45, 2.75) is 69.2 Å². The summed E-state index contributed by atoms with van der Waals surface area (Å²) < 4.78 is 17.6. The minimum atomic E-state index is -0.239. The average Bonchev–Trinajstić information content (AvgIpc) is 3.44. The highest BCUT2D eigenvalue weighted by molar-refractivity contribution is 7.99. The lowest BCUT2D eigenvalue weighted by atomic mass is 9.95. The van der Waals surface area contributed by atoms with Crippen LogP contribution in [0.4, 0.5) is 0 Å². The van der Waals surface area contributed by atoms with Gasteiger partial charge in [0.25, 0.3) is 5.56 Å². The molecule has 2 N–H and O–H groups in total. The van der Waals surface area contributed by atoms with Gasteiger partial charge in [0, 0.05) is 31.6 Å². The summed E-state index contributed by atoms with van der Waals surface area (Å²) in [7, 11) is 1.61. The Morgan fingerprint density at radius 3 is 2.58 bits per heavy atom. The molecule has 0 saturated heterocycles. The number of rotatable bonds is 11. The van der Waals surface area contributed by atoms with Crippen LogP contribution < -0.4 is 30.4 Å². The van der Waals surface area contributed by atoms with Gasteiger partial charge in [-0.2, -0.15) is 0 Å². The summed E-state index contributed by atoms with van der Waals surface area (Å²) >= 11 is 1.23. The number of ether oxygens (including phenoxy) is 3. The largest absolute Gasteiger partial charge is 0.497 e. The third-order valence-corrected chi connectivity index (χ3v) is 8.13. The van der Waals surface area contributed by atoms with Gasteiger partial charge in [0.05, 0.1) is 23.8 Å². The highest BCUT2D eigenvalue weighted by Gasteiger charge is 2.21. The topological polar surface area (TPSA) is 121 Å². The number of nitrogens with one attached hydrogen (secondary N) is 2. The van der Waals surface area contributed by atoms with Crippen LogP contribution in [-0.2, 0) is 22.7 Å². The Morgan fingerprint density at radius 1 is 1.07 bits per heavy atom. The van der Waals surface area contributed by atoms with E-state index in [0.29, 0.717) is 47.1 Å². The van der Waals surface area contributed by atoms with Crippen molar-refractivity contribution in [3.63, 3.8) is 0 Å². The maximum atomic E-state index is 13.6. The lowest BCUT2D eigenvalue weighted by Gasteiger charge is -2.22. The van der Waals surface area contributed by atoms with Crippen molar-refractivity contribution in [3.05, 3.63) is 52.3 Å². The van der Waals surface area contributed by atoms with Gasteiger partial charge in [-0.3, -0.25) is 19.0 Å². The van der Waals surface area contributed by atoms with Crippen LogP contribution in [0.5, 0.6) is 17.2 Å². The molecular weight excluding hydrogens is 532 g/mol. The number of carbonyl (C=O) groups excluding carboxylic acids is 2. The second-order valence-electron chi connectivity index (χ2n) is 9.99. The molecule has 0 unspecified atom stereocenters. The molecule has 0 radical (unpaired) electrons. The fourth-order valence-electron chi connectivity index (χ4n) is 4.97. The number of hydrogen-bond acceptors (Lipinski definition) is 8. The smallest absolute Gasteiger partial charge is 0.262 e. The first-order valence-electron chi connectivity index (χ1n) is 13.7. The standard InChI is InChI=1S/C29H34N4O6S/c1-37-21-11-9-19(10-12-21)16-30-26(34)8-5-13-33-28(36)22-14-24-25(39-18-38-24)15-23(22)32-29(33)40-17-27(35)31-20-6-3-2-4-7-20/h9-12,14-15,20H,2-8,13,16-18H2,1H3,(H,30,34)(H,31,35). The average molecular weight is 567 g/mol. The first-order chi connectivity index (χ1) is 19.5. The predicted molar refractivity (Wildman–Crippen MR) is 152 cm³/mol. The van der Waals surface area contributed by atoms with Crippen molar-refractivity contribution in [2.24, 2.45) is 0 Å². The molecule has 2 amide bonds. The Morgan fingerprint density at radius 2 is 1.82 bits per heavy atom. The lowest BCUT2D eigenvalue weighted by Crippen LogP contribution is -2.37. The van der Waals surface area contributed by atoms with Crippen LogP contribution >= 0.6 is 11.8 Å². The molecule has 1 aliphatic carbocycles. The monoisotopic (exact) mass is 566 g/mol. The molecule has 2 heterocycles. The summed E-state index contributed by atoms with van der Waals surface area (Å²) in [4.78, 5) is 43.5. The molecule has 10 nitrogen and oxygen atoms in total. The van der Waals surface area contributed by atoms with Crippen molar-refractivity contribution >= 4 is 34.5 Å². The van der Waals surface area contributed by atoms with E-state index in [1.807, 2.05) is 24.3 Å². The van der Waals surface area contributed by atoms with Gasteiger partial charge in [-0.25, -0.2) is 4.98 Å². The van der Waals surface area contributed by atoms with Gasteiger partial charge in [-0.1, -0.05) is 43.2 Å². The van der Waals surface area contributed by atoms with E-state index < -0.39 is 0 Å². The molecule has 0 atom stereocenters. The van der Waals surface area contributed by atoms with E-state index in [-0.39, 0.29) is 42.4 Å². The summed E-state index contributed by atoms with van der Waals surface area (Å²) in [5, 5.41) is 6.88. The predicted octanol–water partition coefficient (Wildman–Crippen LogP) is 3.77. The summed E-state index contributed by atoms with van der Waals surface area (Å²) in [6.45, 7) is 0.790. The Kier molecular flexibility index (Phi) is 9.10. The molecule has 1 fully saturated rings. The minimum absolute atomic E-state index is 0.0682. The van der Waals surface area contributed by atoms with Crippen LogP contribution in [0.3, 0.4) is 0 Å². The van der Waals surface area contributed by atoms with Crippen molar-refractivity contribution < 1.29 is 23.8 Å². The van der Waals surface area contributed by atoms with E-state index in [1.165, 1.54) is 18.2 Å². The Bertz CT molecular complexity index is 1420. The van der Waals surface area contributed by atoms with Crippen LogP contribution in [0, 0.1) is 0 Å². The van der Waals surface area contributed by atoms with Gasteiger partial charge >= 0.3 is 0 Å². The van der Waals surface area contributed by atoms with E-state index >= 15 is 0 Å². The number of hydrogen-bond donors (Lipinski definition) is 2. The summed E-state index contributed by atoms with van der Waals surface area (Å²) in [6.07, 6.45) is 6.17. The van der Waals surface area contributed by atoms with Crippen molar-refractivity contribution in [3.8, 4) is 17.2 Å². The number of benzene rings is 2. The van der Waals surface area contributed by atoms with Crippen LogP contribution in [0.15, 0.2) is 46.3 Å². The normalized spacial score (nSPS) is 14.7. The number of amides is 2. The number of methoxy groups -OCH3 is 1. The van der Waals surface area contributed by atoms with Crippen LogP contribution in [-0.4, -0.2) is 47.1 Å². The van der Waals surface area contributed by atoms with Crippen molar-refractivity contribution in [1.29, 1.82) is 0 Å². The quantitative estimate of drug-likeness (QED) is 0.266. The molecule has 1 aromatic heterocycles. The number of fused-ring (bicyclic) bond motifs is 2. The molecule has 5 rings (SSSR count). The molecule has 2 aromatic carbocycles. The summed E-state index contributed by atoms with van der Waals surface area (Å²) in [6, 6.07) is 11.1. The van der Waals surface area contributed by atoms with Gasteiger partial charge in [-0.05, 0) is 43.0 Å². The second kappa shape index (κ2) is 13.1. The number of aromatic nitrogens is 2. The first kappa shape index (κ1) is 27.8. The molecule has 2 aliphatic rings. The van der Waals surface area contributed by atoms with E-state index in [0.717, 1.165) is 37.0 Å². The summed E-state index contributed by atoms with van der Waals surface area (Å²) in [5.41, 5.74) is 1.21. The Hall–Kier alpha value is -3.73. The van der Waals surface area contributed by atoms with Crippen LogP contribution in [0.1, 0.15) is 50.5 Å². The molecule has 0 bridgehead atoms. The minimum Gasteiger partial charge on any atom is -0.497 e. The Labute approximate surface area is 236 Å². The van der Waals surface area contributed by atoms with E-state index in [2.05, 4.69) is 10.6 Å². The highest BCUT2D eigenvalue weighted by atomic mass is 32.2. The molecule has 40 heavy (non-hydrogen) atoms. The van der Waals surface area contributed by atoms with Crippen molar-refractivity contribution in [2.75, 3.05) is 19.7 Å². The fraction of sp³-hybridized carbons (Fsp3) is 0.448. The third kappa shape index (κ3) is 6.88. The molecule has 212 valence electrons. The Balaban J connectivity index is 1.25. The molecule has 3 aromatic rings. The zero-order chi connectivity index (χ0) is 27.9. The zero-order valence-corrected chi connectivity index (χ0v) is 23.4. The SMILES string of the molecule is COc1ccc(CNC(=O)CCCn2c(SCC(=O)NC3CCCCC3)nc3cc4c(cc3c2=O)OCO4)cc1. The fourth-order valence-corrected chi connectivity index (χ4v) is 5.81. The zero-order valence-electron chi connectivity index (χ0n) is 22.6. The maximum Gasteiger partial charge on any atom is 0.262 e. The van der Waals surface area contributed by atoms with Gasteiger partial charge in [0.15, 0.2) is 16.7 Å².